The molecule has 0 radical (unpaired) electrons. The fourth-order valence-corrected chi connectivity index (χ4v) is 2.60. The molecule has 0 fully saturated rings. The maximum atomic E-state index is 11.8. The molecule has 23 heavy (non-hydrogen) atoms. The fraction of sp³-hybridized carbons (Fsp3) is 0.294. The molecule has 2 aromatic rings. The van der Waals surface area contributed by atoms with Gasteiger partial charge in [0, 0.05) is 28.2 Å². The lowest BCUT2D eigenvalue weighted by Crippen LogP contribution is -2.27. The topological polar surface area (TPSA) is 74.2 Å². The third kappa shape index (κ3) is 5.64. The van der Waals surface area contributed by atoms with Crippen molar-refractivity contribution in [2.75, 3.05) is 10.6 Å². The third-order valence-corrected chi connectivity index (χ3v) is 3.69. The number of nitriles is 1. The van der Waals surface area contributed by atoms with Gasteiger partial charge in [-0.15, -0.1) is 11.3 Å². The number of nitrogens with one attached hydrogen (secondary N) is 2. The Balaban J connectivity index is 1.94. The molecule has 0 spiro atoms. The summed E-state index contributed by atoms with van der Waals surface area (Å²) in [4.78, 5) is 12.8. The molecule has 1 amide bonds. The van der Waals surface area contributed by atoms with Crippen molar-refractivity contribution in [3.8, 4) is 6.07 Å². The van der Waals surface area contributed by atoms with Crippen LogP contribution in [-0.4, -0.2) is 11.7 Å². The Morgan fingerprint density at radius 3 is 2.70 bits per heavy atom. The SMILES string of the molecule is CC(C)(C)OC(=O)Nc1cccc(NCc2cc(C#N)cs2)c1. The normalized spacial score (nSPS) is 10.7. The molecule has 0 aliphatic carbocycles. The van der Waals surface area contributed by atoms with Gasteiger partial charge in [0.15, 0.2) is 0 Å². The molecular weight excluding hydrogens is 310 g/mol. The Hall–Kier alpha value is -2.52. The predicted octanol–water partition coefficient (Wildman–Crippen LogP) is 4.58. The summed E-state index contributed by atoms with van der Waals surface area (Å²) < 4.78 is 5.23. The second-order valence-corrected chi connectivity index (χ2v) is 6.97. The van der Waals surface area contributed by atoms with Crippen molar-refractivity contribution in [3.63, 3.8) is 0 Å². The van der Waals surface area contributed by atoms with Crippen LogP contribution in [0.25, 0.3) is 0 Å². The van der Waals surface area contributed by atoms with Crippen molar-refractivity contribution in [2.45, 2.75) is 32.9 Å². The first-order valence-corrected chi connectivity index (χ1v) is 8.05. The number of amides is 1. The lowest BCUT2D eigenvalue weighted by atomic mass is 10.2. The number of carbonyl (C=O) groups is 1. The average molecular weight is 329 g/mol. The fourth-order valence-electron chi connectivity index (χ4n) is 1.85. The van der Waals surface area contributed by atoms with Crippen LogP contribution in [0, 0.1) is 11.3 Å². The van der Waals surface area contributed by atoms with Crippen LogP contribution < -0.4 is 10.6 Å². The molecule has 120 valence electrons. The molecule has 0 saturated heterocycles. The maximum absolute atomic E-state index is 11.8. The molecule has 0 saturated carbocycles. The summed E-state index contributed by atoms with van der Waals surface area (Å²) in [5.41, 5.74) is 1.68. The molecule has 2 N–H and O–H groups in total. The first-order valence-electron chi connectivity index (χ1n) is 7.17. The van der Waals surface area contributed by atoms with E-state index in [0.29, 0.717) is 17.8 Å². The van der Waals surface area contributed by atoms with Crippen LogP contribution in [0.15, 0.2) is 35.7 Å². The van der Waals surface area contributed by atoms with Crippen LogP contribution in [0.4, 0.5) is 16.2 Å². The molecule has 0 aliphatic heterocycles. The predicted molar refractivity (Wildman–Crippen MR) is 92.7 cm³/mol. The van der Waals surface area contributed by atoms with Gasteiger partial charge in [-0.2, -0.15) is 5.26 Å². The summed E-state index contributed by atoms with van der Waals surface area (Å²) in [7, 11) is 0. The molecule has 1 heterocycles. The van der Waals surface area contributed by atoms with Crippen molar-refractivity contribution in [1.82, 2.24) is 0 Å². The summed E-state index contributed by atoms with van der Waals surface area (Å²) in [5, 5.41) is 16.6. The first kappa shape index (κ1) is 16.8. The van der Waals surface area contributed by atoms with Gasteiger partial charge in [-0.1, -0.05) is 6.07 Å². The Labute approximate surface area is 139 Å². The highest BCUT2D eigenvalue weighted by Gasteiger charge is 2.16. The number of hydrogen-bond acceptors (Lipinski definition) is 5. The molecule has 1 aromatic carbocycles. The van der Waals surface area contributed by atoms with E-state index in [1.54, 1.807) is 6.07 Å². The number of anilines is 2. The minimum Gasteiger partial charge on any atom is -0.444 e. The smallest absolute Gasteiger partial charge is 0.412 e. The van der Waals surface area contributed by atoms with Gasteiger partial charge in [-0.3, -0.25) is 5.32 Å². The number of ether oxygens (including phenoxy) is 1. The highest BCUT2D eigenvalue weighted by molar-refractivity contribution is 7.10. The zero-order valence-electron chi connectivity index (χ0n) is 13.3. The van der Waals surface area contributed by atoms with Gasteiger partial charge in [0.25, 0.3) is 0 Å². The number of hydrogen-bond donors (Lipinski definition) is 2. The van der Waals surface area contributed by atoms with Crippen molar-refractivity contribution in [3.05, 3.63) is 46.2 Å². The molecule has 0 bridgehead atoms. The standard InChI is InChI=1S/C17H19N3O2S/c1-17(2,3)22-16(21)20-14-6-4-5-13(8-14)19-10-15-7-12(9-18)11-23-15/h4-8,11,19H,10H2,1-3H3,(H,20,21). The van der Waals surface area contributed by atoms with Crippen molar-refractivity contribution in [1.29, 1.82) is 5.26 Å². The van der Waals surface area contributed by atoms with E-state index in [1.165, 1.54) is 11.3 Å². The van der Waals surface area contributed by atoms with Crippen LogP contribution in [0.3, 0.4) is 0 Å². The van der Waals surface area contributed by atoms with Gasteiger partial charge in [0.05, 0.1) is 5.56 Å². The Kier molecular flexibility index (Phi) is 5.24. The van der Waals surface area contributed by atoms with Gasteiger partial charge in [0.2, 0.25) is 0 Å². The largest absolute Gasteiger partial charge is 0.444 e. The zero-order valence-corrected chi connectivity index (χ0v) is 14.2. The highest BCUT2D eigenvalue weighted by atomic mass is 32.1. The average Bonchev–Trinajstić information content (AvgIpc) is 2.91. The Morgan fingerprint density at radius 2 is 2.04 bits per heavy atom. The Morgan fingerprint density at radius 1 is 1.30 bits per heavy atom. The van der Waals surface area contributed by atoms with Crippen LogP contribution in [-0.2, 0) is 11.3 Å². The van der Waals surface area contributed by atoms with Crippen LogP contribution in [0.2, 0.25) is 0 Å². The van der Waals surface area contributed by atoms with Gasteiger partial charge in [0.1, 0.15) is 11.7 Å². The molecule has 2 rings (SSSR count). The molecular formula is C17H19N3O2S. The highest BCUT2D eigenvalue weighted by Crippen LogP contribution is 2.19. The first-order chi connectivity index (χ1) is 10.9. The zero-order chi connectivity index (χ0) is 16.9. The van der Waals surface area contributed by atoms with Gasteiger partial charge >= 0.3 is 6.09 Å². The molecule has 0 unspecified atom stereocenters. The second-order valence-electron chi connectivity index (χ2n) is 5.97. The van der Waals surface area contributed by atoms with E-state index >= 15 is 0 Å². The Bertz CT molecular complexity index is 726. The van der Waals surface area contributed by atoms with Gasteiger partial charge in [-0.05, 0) is 45.0 Å². The van der Waals surface area contributed by atoms with E-state index < -0.39 is 11.7 Å². The van der Waals surface area contributed by atoms with Gasteiger partial charge in [-0.25, -0.2) is 4.79 Å². The lowest BCUT2D eigenvalue weighted by molar-refractivity contribution is 0.0636. The summed E-state index contributed by atoms with van der Waals surface area (Å²) >= 11 is 1.54. The van der Waals surface area contributed by atoms with E-state index in [9.17, 15) is 4.79 Å². The summed E-state index contributed by atoms with van der Waals surface area (Å²) in [6, 6.07) is 11.4. The molecule has 5 nitrogen and oxygen atoms in total. The lowest BCUT2D eigenvalue weighted by Gasteiger charge is -2.19. The third-order valence-electron chi connectivity index (χ3n) is 2.76. The number of benzene rings is 1. The molecule has 0 aliphatic rings. The number of nitrogens with zero attached hydrogens (tertiary/aromatic N) is 1. The number of rotatable bonds is 4. The molecule has 6 heteroatoms. The van der Waals surface area contributed by atoms with Gasteiger partial charge < -0.3 is 10.1 Å². The summed E-state index contributed by atoms with van der Waals surface area (Å²) in [6.07, 6.45) is -0.480. The maximum Gasteiger partial charge on any atom is 0.412 e. The summed E-state index contributed by atoms with van der Waals surface area (Å²) in [6.45, 7) is 6.09. The van der Waals surface area contributed by atoms with Crippen LogP contribution in [0.5, 0.6) is 0 Å². The van der Waals surface area contributed by atoms with E-state index in [0.717, 1.165) is 10.6 Å². The monoisotopic (exact) mass is 329 g/mol. The van der Waals surface area contributed by atoms with Crippen LogP contribution >= 0.6 is 11.3 Å². The van der Waals surface area contributed by atoms with Crippen molar-refractivity contribution < 1.29 is 9.53 Å². The number of carbonyl (C=O) groups excluding carboxylic acids is 1. The van der Waals surface area contributed by atoms with Crippen molar-refractivity contribution >= 4 is 28.8 Å². The second kappa shape index (κ2) is 7.16. The van der Waals surface area contributed by atoms with E-state index in [-0.39, 0.29) is 0 Å². The van der Waals surface area contributed by atoms with E-state index in [1.807, 2.05) is 50.4 Å². The van der Waals surface area contributed by atoms with Crippen molar-refractivity contribution in [2.24, 2.45) is 0 Å². The quantitative estimate of drug-likeness (QED) is 0.861. The minimum absolute atomic E-state index is 0.480. The molecule has 0 atom stereocenters. The molecule has 1 aromatic heterocycles. The summed E-state index contributed by atoms with van der Waals surface area (Å²) in [5.74, 6) is 0. The van der Waals surface area contributed by atoms with E-state index in [4.69, 9.17) is 10.00 Å². The van der Waals surface area contributed by atoms with Crippen LogP contribution in [0.1, 0.15) is 31.2 Å². The minimum atomic E-state index is -0.530. The number of thiophene rings is 1. The van der Waals surface area contributed by atoms with E-state index in [2.05, 4.69) is 16.7 Å².